The highest BCUT2D eigenvalue weighted by atomic mass is 79.9. The number of halogens is 2. The second-order valence-electron chi connectivity index (χ2n) is 4.96. The molecule has 0 spiro atoms. The fourth-order valence-corrected chi connectivity index (χ4v) is 3.04. The fourth-order valence-electron chi connectivity index (χ4n) is 2.57. The summed E-state index contributed by atoms with van der Waals surface area (Å²) < 4.78 is 6.91. The van der Waals surface area contributed by atoms with Gasteiger partial charge in [0.1, 0.15) is 11.2 Å². The SMILES string of the molecule is Clc1ccc(-c2ccc3oc4cc(Br)ccc4c3c2)cc1. The van der Waals surface area contributed by atoms with E-state index in [-0.39, 0.29) is 0 Å². The Morgan fingerprint density at radius 3 is 2.29 bits per heavy atom. The van der Waals surface area contributed by atoms with E-state index in [1.54, 1.807) is 0 Å². The Morgan fingerprint density at radius 1 is 0.714 bits per heavy atom. The van der Waals surface area contributed by atoms with Crippen LogP contribution in [0.15, 0.2) is 69.6 Å². The zero-order valence-corrected chi connectivity index (χ0v) is 13.3. The molecule has 0 saturated heterocycles. The molecule has 0 atom stereocenters. The molecule has 0 fully saturated rings. The van der Waals surface area contributed by atoms with Crippen LogP contribution in [0.2, 0.25) is 5.02 Å². The first-order valence-electron chi connectivity index (χ1n) is 6.58. The lowest BCUT2D eigenvalue weighted by atomic mass is 10.0. The van der Waals surface area contributed by atoms with Crippen molar-refractivity contribution in [2.24, 2.45) is 0 Å². The van der Waals surface area contributed by atoms with Gasteiger partial charge >= 0.3 is 0 Å². The van der Waals surface area contributed by atoms with Gasteiger partial charge in [0, 0.05) is 20.3 Å². The molecular weight excluding hydrogens is 348 g/mol. The molecule has 1 heterocycles. The third-order valence-electron chi connectivity index (χ3n) is 3.61. The first-order valence-corrected chi connectivity index (χ1v) is 7.75. The second kappa shape index (κ2) is 4.90. The maximum absolute atomic E-state index is 5.95. The smallest absolute Gasteiger partial charge is 0.136 e. The molecule has 0 radical (unpaired) electrons. The topological polar surface area (TPSA) is 13.1 Å². The minimum atomic E-state index is 0.749. The maximum atomic E-state index is 5.95. The van der Waals surface area contributed by atoms with Gasteiger partial charge in [0.25, 0.3) is 0 Å². The molecule has 21 heavy (non-hydrogen) atoms. The van der Waals surface area contributed by atoms with Crippen molar-refractivity contribution >= 4 is 49.5 Å². The van der Waals surface area contributed by atoms with Crippen molar-refractivity contribution in [1.82, 2.24) is 0 Å². The van der Waals surface area contributed by atoms with E-state index in [1.807, 2.05) is 42.5 Å². The molecule has 4 rings (SSSR count). The molecule has 102 valence electrons. The zero-order valence-electron chi connectivity index (χ0n) is 10.9. The monoisotopic (exact) mass is 356 g/mol. The summed E-state index contributed by atoms with van der Waals surface area (Å²) in [5.74, 6) is 0. The van der Waals surface area contributed by atoms with E-state index < -0.39 is 0 Å². The predicted octanol–water partition coefficient (Wildman–Crippen LogP) is 6.67. The standard InChI is InChI=1S/C18H10BrClO/c19-13-4-7-15-16-9-12(11-1-5-14(20)6-2-11)3-8-17(16)21-18(15)10-13/h1-10H. The summed E-state index contributed by atoms with van der Waals surface area (Å²) in [6, 6.07) is 20.2. The number of hydrogen-bond donors (Lipinski definition) is 0. The molecule has 4 aromatic rings. The van der Waals surface area contributed by atoms with Crippen LogP contribution in [0, 0.1) is 0 Å². The van der Waals surface area contributed by atoms with Gasteiger partial charge in [-0.2, -0.15) is 0 Å². The molecule has 0 saturated carbocycles. The number of fused-ring (bicyclic) bond motifs is 3. The van der Waals surface area contributed by atoms with Gasteiger partial charge in [-0.1, -0.05) is 45.7 Å². The number of furan rings is 1. The van der Waals surface area contributed by atoms with E-state index in [0.29, 0.717) is 0 Å². The van der Waals surface area contributed by atoms with Gasteiger partial charge in [0.15, 0.2) is 0 Å². The lowest BCUT2D eigenvalue weighted by Gasteiger charge is -2.02. The van der Waals surface area contributed by atoms with Crippen molar-refractivity contribution in [3.05, 3.63) is 70.2 Å². The van der Waals surface area contributed by atoms with Crippen molar-refractivity contribution in [3.63, 3.8) is 0 Å². The van der Waals surface area contributed by atoms with Crippen LogP contribution in [0.1, 0.15) is 0 Å². The Kier molecular flexibility index (Phi) is 3.02. The van der Waals surface area contributed by atoms with Crippen molar-refractivity contribution in [1.29, 1.82) is 0 Å². The lowest BCUT2D eigenvalue weighted by molar-refractivity contribution is 0.668. The van der Waals surface area contributed by atoms with Gasteiger partial charge in [0.2, 0.25) is 0 Å². The normalized spacial score (nSPS) is 11.3. The maximum Gasteiger partial charge on any atom is 0.136 e. The Labute approximate surface area is 135 Å². The quantitative estimate of drug-likeness (QED) is 0.371. The summed E-state index contributed by atoms with van der Waals surface area (Å²) in [6.45, 7) is 0. The first-order chi connectivity index (χ1) is 10.2. The summed E-state index contributed by atoms with van der Waals surface area (Å²) in [5, 5.41) is 3.01. The zero-order chi connectivity index (χ0) is 14.4. The average molecular weight is 358 g/mol. The highest BCUT2D eigenvalue weighted by molar-refractivity contribution is 9.10. The number of rotatable bonds is 1. The molecule has 0 aliphatic carbocycles. The summed E-state index contributed by atoms with van der Waals surface area (Å²) in [5.41, 5.74) is 4.10. The van der Waals surface area contributed by atoms with Crippen LogP contribution in [-0.2, 0) is 0 Å². The van der Waals surface area contributed by atoms with E-state index >= 15 is 0 Å². The lowest BCUT2D eigenvalue weighted by Crippen LogP contribution is -1.77. The minimum absolute atomic E-state index is 0.749. The molecule has 1 aromatic heterocycles. The van der Waals surface area contributed by atoms with Crippen LogP contribution in [-0.4, -0.2) is 0 Å². The molecule has 3 aromatic carbocycles. The molecule has 0 aliphatic rings. The van der Waals surface area contributed by atoms with E-state index in [1.165, 1.54) is 0 Å². The minimum Gasteiger partial charge on any atom is -0.456 e. The van der Waals surface area contributed by atoms with Crippen LogP contribution in [0.25, 0.3) is 33.1 Å². The molecule has 0 aliphatic heterocycles. The highest BCUT2D eigenvalue weighted by Crippen LogP contribution is 2.33. The molecule has 0 bridgehead atoms. The van der Waals surface area contributed by atoms with Crippen LogP contribution < -0.4 is 0 Å². The van der Waals surface area contributed by atoms with Crippen LogP contribution in [0.5, 0.6) is 0 Å². The molecule has 0 unspecified atom stereocenters. The molecule has 0 N–H and O–H groups in total. The summed E-state index contributed by atoms with van der Waals surface area (Å²) in [6.07, 6.45) is 0. The van der Waals surface area contributed by atoms with Crippen molar-refractivity contribution in [2.75, 3.05) is 0 Å². The van der Waals surface area contributed by atoms with E-state index in [9.17, 15) is 0 Å². The van der Waals surface area contributed by atoms with E-state index in [0.717, 1.165) is 42.6 Å². The van der Waals surface area contributed by atoms with Crippen molar-refractivity contribution in [3.8, 4) is 11.1 Å². The van der Waals surface area contributed by atoms with E-state index in [2.05, 4.69) is 34.1 Å². The number of hydrogen-bond acceptors (Lipinski definition) is 1. The first kappa shape index (κ1) is 12.9. The Morgan fingerprint density at radius 2 is 1.48 bits per heavy atom. The van der Waals surface area contributed by atoms with Gasteiger partial charge in [-0.3, -0.25) is 0 Å². The Balaban J connectivity index is 1.96. The van der Waals surface area contributed by atoms with Gasteiger partial charge in [-0.05, 0) is 53.6 Å². The van der Waals surface area contributed by atoms with Gasteiger partial charge in [-0.25, -0.2) is 0 Å². The van der Waals surface area contributed by atoms with Gasteiger partial charge in [-0.15, -0.1) is 0 Å². The third kappa shape index (κ3) is 2.25. The predicted molar refractivity (Wildman–Crippen MR) is 91.9 cm³/mol. The van der Waals surface area contributed by atoms with E-state index in [4.69, 9.17) is 16.0 Å². The summed E-state index contributed by atoms with van der Waals surface area (Å²) >= 11 is 9.43. The van der Waals surface area contributed by atoms with Crippen LogP contribution >= 0.6 is 27.5 Å². The second-order valence-corrected chi connectivity index (χ2v) is 6.31. The molecule has 1 nitrogen and oxygen atoms in total. The molecule has 3 heteroatoms. The van der Waals surface area contributed by atoms with Gasteiger partial charge < -0.3 is 4.42 Å². The highest BCUT2D eigenvalue weighted by Gasteiger charge is 2.08. The van der Waals surface area contributed by atoms with Crippen LogP contribution in [0.3, 0.4) is 0 Å². The van der Waals surface area contributed by atoms with Crippen LogP contribution in [0.4, 0.5) is 0 Å². The Bertz CT molecular complexity index is 954. The Hall–Kier alpha value is -1.77. The summed E-state index contributed by atoms with van der Waals surface area (Å²) in [7, 11) is 0. The van der Waals surface area contributed by atoms with Gasteiger partial charge in [0.05, 0.1) is 0 Å². The largest absolute Gasteiger partial charge is 0.456 e. The summed E-state index contributed by atoms with van der Waals surface area (Å²) in [4.78, 5) is 0. The number of benzene rings is 3. The molecular formula is C18H10BrClO. The van der Waals surface area contributed by atoms with Crippen molar-refractivity contribution < 1.29 is 4.42 Å². The fraction of sp³-hybridized carbons (Fsp3) is 0. The van der Waals surface area contributed by atoms with Crippen molar-refractivity contribution in [2.45, 2.75) is 0 Å². The average Bonchev–Trinajstić information content (AvgIpc) is 2.84. The third-order valence-corrected chi connectivity index (χ3v) is 4.36. The molecule has 0 amide bonds.